The van der Waals surface area contributed by atoms with Gasteiger partial charge in [-0.05, 0) is 59.0 Å². The zero-order chi connectivity index (χ0) is 15.7. The number of morpholine rings is 1. The zero-order valence-electron chi connectivity index (χ0n) is 15.1. The summed E-state index contributed by atoms with van der Waals surface area (Å²) in [7, 11) is 2.30. The topological polar surface area (TPSA) is 15.7 Å². The molecule has 2 fully saturated rings. The van der Waals surface area contributed by atoms with Crippen molar-refractivity contribution in [2.45, 2.75) is 77.5 Å². The van der Waals surface area contributed by atoms with Crippen LogP contribution in [0.25, 0.3) is 0 Å². The van der Waals surface area contributed by atoms with Crippen molar-refractivity contribution in [3.8, 4) is 0 Å². The van der Waals surface area contributed by atoms with Crippen molar-refractivity contribution in [1.29, 1.82) is 0 Å². The molecule has 124 valence electrons. The van der Waals surface area contributed by atoms with E-state index in [-0.39, 0.29) is 11.2 Å². The van der Waals surface area contributed by atoms with Crippen molar-refractivity contribution >= 4 is 0 Å². The Bertz CT molecular complexity index is 332. The van der Waals surface area contributed by atoms with Crippen LogP contribution in [-0.2, 0) is 4.74 Å². The van der Waals surface area contributed by atoms with Crippen LogP contribution in [0, 0.1) is 5.92 Å². The minimum atomic E-state index is 0.00489. The predicted octanol–water partition coefficient (Wildman–Crippen LogP) is 3.39. The van der Waals surface area contributed by atoms with Crippen molar-refractivity contribution in [3.05, 3.63) is 0 Å². The van der Waals surface area contributed by atoms with Gasteiger partial charge in [0.1, 0.15) is 0 Å². The highest BCUT2D eigenvalue weighted by atomic mass is 16.5. The lowest BCUT2D eigenvalue weighted by Gasteiger charge is -2.53. The molecule has 0 amide bonds. The fourth-order valence-corrected chi connectivity index (χ4v) is 4.43. The van der Waals surface area contributed by atoms with E-state index in [1.54, 1.807) is 0 Å². The molecule has 0 unspecified atom stereocenters. The fourth-order valence-electron chi connectivity index (χ4n) is 4.43. The largest absolute Gasteiger partial charge is 0.366 e. The normalized spacial score (nSPS) is 34.0. The summed E-state index contributed by atoms with van der Waals surface area (Å²) >= 11 is 0. The van der Waals surface area contributed by atoms with Gasteiger partial charge in [0.25, 0.3) is 0 Å². The Labute approximate surface area is 132 Å². The third kappa shape index (κ3) is 4.43. The quantitative estimate of drug-likeness (QED) is 0.791. The summed E-state index contributed by atoms with van der Waals surface area (Å²) in [6.07, 6.45) is 5.02. The van der Waals surface area contributed by atoms with Crippen molar-refractivity contribution in [2.75, 3.05) is 33.2 Å². The number of rotatable bonds is 4. The van der Waals surface area contributed by atoms with E-state index in [4.69, 9.17) is 4.74 Å². The van der Waals surface area contributed by atoms with Crippen LogP contribution in [0.5, 0.6) is 0 Å². The number of hydrogen-bond acceptors (Lipinski definition) is 3. The summed E-state index contributed by atoms with van der Waals surface area (Å²) in [6, 6.07) is 0.752. The Balaban J connectivity index is 1.95. The first-order valence-corrected chi connectivity index (χ1v) is 8.88. The van der Waals surface area contributed by atoms with Crippen molar-refractivity contribution in [2.24, 2.45) is 5.92 Å². The number of ether oxygens (including phenoxy) is 1. The Morgan fingerprint density at radius 1 is 1.19 bits per heavy atom. The van der Waals surface area contributed by atoms with Gasteiger partial charge in [-0.25, -0.2) is 0 Å². The second-order valence-corrected chi connectivity index (χ2v) is 8.41. The lowest BCUT2D eigenvalue weighted by molar-refractivity contribution is -0.211. The van der Waals surface area contributed by atoms with Gasteiger partial charge in [-0.2, -0.15) is 0 Å². The molecule has 3 nitrogen and oxygen atoms in total. The minimum absolute atomic E-state index is 0.00489. The van der Waals surface area contributed by atoms with Crippen LogP contribution in [0.2, 0.25) is 0 Å². The molecule has 0 aromatic heterocycles. The number of hydrogen-bond donors (Lipinski definition) is 0. The smallest absolute Gasteiger partial charge is 0.0817 e. The van der Waals surface area contributed by atoms with Crippen molar-refractivity contribution in [1.82, 2.24) is 9.80 Å². The molecule has 0 radical (unpaired) electrons. The van der Waals surface area contributed by atoms with Crippen LogP contribution in [0.1, 0.15) is 60.3 Å². The van der Waals surface area contributed by atoms with E-state index in [1.165, 1.54) is 32.2 Å². The maximum absolute atomic E-state index is 6.58. The molecule has 2 aliphatic rings. The molecule has 1 spiro atoms. The van der Waals surface area contributed by atoms with Gasteiger partial charge in [0, 0.05) is 25.7 Å². The lowest BCUT2D eigenvalue weighted by atomic mass is 9.79. The summed E-state index contributed by atoms with van der Waals surface area (Å²) in [4.78, 5) is 5.16. The van der Waals surface area contributed by atoms with E-state index in [1.807, 2.05) is 0 Å². The van der Waals surface area contributed by atoms with Gasteiger partial charge in [0.2, 0.25) is 0 Å². The molecular weight excluding hydrogens is 260 g/mol. The summed E-state index contributed by atoms with van der Waals surface area (Å²) in [6.45, 7) is 16.0. The first-order chi connectivity index (χ1) is 9.75. The molecule has 0 bridgehead atoms. The number of likely N-dealkylation sites (N-methyl/N-ethyl adjacent to an activating group) is 1. The Hall–Kier alpha value is -0.120. The first-order valence-electron chi connectivity index (χ1n) is 8.88. The van der Waals surface area contributed by atoms with Crippen LogP contribution in [0.15, 0.2) is 0 Å². The minimum Gasteiger partial charge on any atom is -0.366 e. The van der Waals surface area contributed by atoms with Crippen LogP contribution in [0.3, 0.4) is 0 Å². The SMILES string of the molecule is CCN1CC(C)(C)OC2(CCC(N(C)CC(C)C)CC2)C1. The highest BCUT2D eigenvalue weighted by Crippen LogP contribution is 2.40. The van der Waals surface area contributed by atoms with Crippen molar-refractivity contribution in [3.63, 3.8) is 0 Å². The molecule has 1 saturated heterocycles. The van der Waals surface area contributed by atoms with E-state index in [2.05, 4.69) is 51.5 Å². The number of nitrogens with zero attached hydrogens (tertiary/aromatic N) is 2. The molecule has 1 saturated carbocycles. The molecule has 1 heterocycles. The van der Waals surface area contributed by atoms with E-state index in [9.17, 15) is 0 Å². The molecular formula is C18H36N2O. The van der Waals surface area contributed by atoms with Gasteiger partial charge in [-0.1, -0.05) is 20.8 Å². The molecule has 0 N–H and O–H groups in total. The summed E-state index contributed by atoms with van der Waals surface area (Å²) in [5, 5.41) is 0. The highest BCUT2D eigenvalue weighted by molar-refractivity contribution is 4.98. The van der Waals surface area contributed by atoms with Crippen LogP contribution in [-0.4, -0.2) is 60.3 Å². The molecule has 21 heavy (non-hydrogen) atoms. The Morgan fingerprint density at radius 2 is 1.81 bits per heavy atom. The maximum Gasteiger partial charge on any atom is 0.0817 e. The molecule has 0 atom stereocenters. The first kappa shape index (κ1) is 17.2. The molecule has 0 aromatic rings. The summed E-state index contributed by atoms with van der Waals surface area (Å²) < 4.78 is 6.58. The zero-order valence-corrected chi connectivity index (χ0v) is 15.1. The van der Waals surface area contributed by atoms with E-state index in [0.717, 1.165) is 31.6 Å². The Morgan fingerprint density at radius 3 is 2.33 bits per heavy atom. The lowest BCUT2D eigenvalue weighted by Crippen LogP contribution is -2.61. The van der Waals surface area contributed by atoms with Gasteiger partial charge >= 0.3 is 0 Å². The summed E-state index contributed by atoms with van der Waals surface area (Å²) in [5.41, 5.74) is 0.123. The van der Waals surface area contributed by atoms with Crippen LogP contribution in [0.4, 0.5) is 0 Å². The third-order valence-electron chi connectivity index (χ3n) is 5.20. The molecule has 0 aromatic carbocycles. The van der Waals surface area contributed by atoms with Gasteiger partial charge < -0.3 is 9.64 Å². The van der Waals surface area contributed by atoms with E-state index >= 15 is 0 Å². The average Bonchev–Trinajstić information content (AvgIpc) is 2.36. The van der Waals surface area contributed by atoms with Crippen LogP contribution >= 0.6 is 0 Å². The van der Waals surface area contributed by atoms with E-state index in [0.29, 0.717) is 0 Å². The predicted molar refractivity (Wildman–Crippen MR) is 89.7 cm³/mol. The van der Waals surface area contributed by atoms with Crippen molar-refractivity contribution < 1.29 is 4.74 Å². The third-order valence-corrected chi connectivity index (χ3v) is 5.20. The fraction of sp³-hybridized carbons (Fsp3) is 1.00. The van der Waals surface area contributed by atoms with Gasteiger partial charge in [-0.3, -0.25) is 4.90 Å². The molecule has 1 aliphatic carbocycles. The molecule has 1 aliphatic heterocycles. The summed E-state index contributed by atoms with van der Waals surface area (Å²) in [5.74, 6) is 0.756. The second kappa shape index (κ2) is 6.55. The maximum atomic E-state index is 6.58. The average molecular weight is 296 g/mol. The van der Waals surface area contributed by atoms with Crippen LogP contribution < -0.4 is 0 Å². The van der Waals surface area contributed by atoms with E-state index < -0.39 is 0 Å². The monoisotopic (exact) mass is 296 g/mol. The molecule has 2 rings (SSSR count). The molecule has 3 heteroatoms. The Kier molecular flexibility index (Phi) is 5.38. The van der Waals surface area contributed by atoms with Gasteiger partial charge in [-0.15, -0.1) is 0 Å². The second-order valence-electron chi connectivity index (χ2n) is 8.41. The van der Waals surface area contributed by atoms with Gasteiger partial charge in [0.15, 0.2) is 0 Å². The standard InChI is InChI=1S/C18H36N2O/c1-7-20-13-17(4,5)21-18(14-20)10-8-16(9-11-18)19(6)12-15(2)3/h15-16H,7-14H2,1-6H3. The highest BCUT2D eigenvalue weighted by Gasteiger charge is 2.46. The van der Waals surface area contributed by atoms with Gasteiger partial charge in [0.05, 0.1) is 11.2 Å².